The summed E-state index contributed by atoms with van der Waals surface area (Å²) in [4.78, 5) is 39.5. The zero-order valence-corrected chi connectivity index (χ0v) is 19.3. The molecule has 3 amide bonds. The maximum absolute atomic E-state index is 14.0. The summed E-state index contributed by atoms with van der Waals surface area (Å²) >= 11 is 0.842. The number of thioether (sulfide) groups is 1. The number of nitrogens with zero attached hydrogens (tertiary/aromatic N) is 2. The highest BCUT2D eigenvalue weighted by atomic mass is 32.2. The minimum atomic E-state index is -0.454. The van der Waals surface area contributed by atoms with Crippen LogP contribution in [0.1, 0.15) is 36.8 Å². The maximum Gasteiger partial charge on any atom is 0.293 e. The van der Waals surface area contributed by atoms with E-state index in [0.717, 1.165) is 58.8 Å². The molecule has 8 heteroatoms. The highest BCUT2D eigenvalue weighted by Gasteiger charge is 2.35. The van der Waals surface area contributed by atoms with Gasteiger partial charge in [-0.1, -0.05) is 49.2 Å². The molecule has 1 aliphatic heterocycles. The van der Waals surface area contributed by atoms with E-state index in [1.54, 1.807) is 24.3 Å². The molecule has 5 rings (SSSR count). The van der Waals surface area contributed by atoms with Gasteiger partial charge < -0.3 is 9.88 Å². The molecule has 6 nitrogen and oxygen atoms in total. The van der Waals surface area contributed by atoms with E-state index in [2.05, 4.69) is 5.32 Å². The Bertz CT molecular complexity index is 1310. The second kappa shape index (κ2) is 9.46. The Hall–Kier alpha value is -3.39. The number of hydrogen-bond donors (Lipinski definition) is 1. The van der Waals surface area contributed by atoms with Crippen LogP contribution in [-0.2, 0) is 22.7 Å². The summed E-state index contributed by atoms with van der Waals surface area (Å²) < 4.78 is 15.9. The number of nitrogens with one attached hydrogen (secondary N) is 1. The summed E-state index contributed by atoms with van der Waals surface area (Å²) in [6.45, 7) is 0.0669. The van der Waals surface area contributed by atoms with Crippen molar-refractivity contribution in [2.24, 2.45) is 0 Å². The average molecular weight is 478 g/mol. The number of hydrogen-bond acceptors (Lipinski definition) is 4. The van der Waals surface area contributed by atoms with Gasteiger partial charge in [-0.2, -0.15) is 0 Å². The first-order chi connectivity index (χ1) is 16.5. The number of aromatic nitrogens is 1. The number of benzene rings is 2. The molecule has 1 saturated heterocycles. The van der Waals surface area contributed by atoms with E-state index in [4.69, 9.17) is 0 Å². The molecule has 0 radical (unpaired) electrons. The number of imide groups is 1. The molecule has 2 fully saturated rings. The van der Waals surface area contributed by atoms with Crippen LogP contribution < -0.4 is 5.32 Å². The highest BCUT2D eigenvalue weighted by molar-refractivity contribution is 8.18. The van der Waals surface area contributed by atoms with Crippen LogP contribution in [0.5, 0.6) is 0 Å². The first-order valence-corrected chi connectivity index (χ1v) is 12.2. The number of amides is 3. The van der Waals surface area contributed by atoms with Crippen molar-refractivity contribution >= 4 is 45.8 Å². The Labute approximate surface area is 200 Å². The van der Waals surface area contributed by atoms with Gasteiger partial charge in [-0.25, -0.2) is 4.39 Å². The topological polar surface area (TPSA) is 71.4 Å². The van der Waals surface area contributed by atoms with Crippen molar-refractivity contribution in [1.82, 2.24) is 14.8 Å². The SMILES string of the molecule is O=C(Cn1cc(/C=C2\SC(=O)N(Cc3ccccc3F)C2=O)c2ccccc21)NC1CCCC1. The standard InChI is InChI=1S/C26H24FN3O3S/c27-21-11-5-1-7-17(21)15-30-25(32)23(34-26(30)33)13-18-14-29(22-12-6-4-10-20(18)22)16-24(31)28-19-8-2-3-9-19/h1,4-7,10-14,19H,2-3,8-9,15-16H2,(H,28,31)/b23-13-. The van der Waals surface area contributed by atoms with Gasteiger partial charge in [0.15, 0.2) is 0 Å². The van der Waals surface area contributed by atoms with Crippen LogP contribution in [0.25, 0.3) is 17.0 Å². The minimum Gasteiger partial charge on any atom is -0.352 e. The van der Waals surface area contributed by atoms with Crippen LogP contribution >= 0.6 is 11.8 Å². The summed E-state index contributed by atoms with van der Waals surface area (Å²) in [7, 11) is 0. The third kappa shape index (κ3) is 4.50. The van der Waals surface area contributed by atoms with Gasteiger partial charge in [0.2, 0.25) is 5.91 Å². The molecular weight excluding hydrogens is 453 g/mol. The lowest BCUT2D eigenvalue weighted by Gasteiger charge is -2.12. The predicted molar refractivity (Wildman–Crippen MR) is 130 cm³/mol. The largest absolute Gasteiger partial charge is 0.352 e. The van der Waals surface area contributed by atoms with Gasteiger partial charge in [0.1, 0.15) is 12.4 Å². The molecule has 2 aliphatic rings. The number of rotatable bonds is 6. The van der Waals surface area contributed by atoms with Crippen molar-refractivity contribution in [1.29, 1.82) is 0 Å². The molecule has 0 atom stereocenters. The van der Waals surface area contributed by atoms with Gasteiger partial charge in [0, 0.05) is 34.3 Å². The van der Waals surface area contributed by atoms with Crippen LogP contribution in [0.2, 0.25) is 0 Å². The molecule has 34 heavy (non-hydrogen) atoms. The number of para-hydroxylation sites is 1. The number of carbonyl (C=O) groups is 3. The molecule has 2 heterocycles. The van der Waals surface area contributed by atoms with Gasteiger partial charge in [-0.3, -0.25) is 19.3 Å². The summed E-state index contributed by atoms with van der Waals surface area (Å²) in [6, 6.07) is 14.0. The second-order valence-corrected chi connectivity index (χ2v) is 9.63. The first kappa shape index (κ1) is 22.4. The monoisotopic (exact) mass is 477 g/mol. The average Bonchev–Trinajstić information content (AvgIpc) is 3.52. The zero-order valence-electron chi connectivity index (χ0n) is 18.5. The lowest BCUT2D eigenvalue weighted by atomic mass is 10.1. The Morgan fingerprint density at radius 1 is 1.09 bits per heavy atom. The lowest BCUT2D eigenvalue weighted by Crippen LogP contribution is -2.35. The molecule has 0 unspecified atom stereocenters. The van der Waals surface area contributed by atoms with Gasteiger partial charge in [0.05, 0.1) is 11.4 Å². The minimum absolute atomic E-state index is 0.0376. The van der Waals surface area contributed by atoms with Crippen LogP contribution in [-0.4, -0.2) is 32.6 Å². The van der Waals surface area contributed by atoms with E-state index in [1.165, 1.54) is 6.07 Å². The molecule has 1 N–H and O–H groups in total. The second-order valence-electron chi connectivity index (χ2n) is 8.64. The summed E-state index contributed by atoms with van der Waals surface area (Å²) in [5.41, 5.74) is 1.91. The van der Waals surface area contributed by atoms with E-state index in [9.17, 15) is 18.8 Å². The predicted octanol–water partition coefficient (Wildman–Crippen LogP) is 5.08. The molecule has 1 aliphatic carbocycles. The Morgan fingerprint density at radius 3 is 2.62 bits per heavy atom. The van der Waals surface area contributed by atoms with Gasteiger partial charge in [0.25, 0.3) is 11.1 Å². The van der Waals surface area contributed by atoms with E-state index in [-0.39, 0.29) is 35.5 Å². The van der Waals surface area contributed by atoms with E-state index >= 15 is 0 Å². The quantitative estimate of drug-likeness (QED) is 0.503. The molecule has 0 bridgehead atoms. The highest BCUT2D eigenvalue weighted by Crippen LogP contribution is 2.35. The Morgan fingerprint density at radius 2 is 1.82 bits per heavy atom. The fraction of sp³-hybridized carbons (Fsp3) is 0.269. The van der Waals surface area contributed by atoms with Crippen LogP contribution in [0.3, 0.4) is 0 Å². The molecule has 2 aromatic carbocycles. The normalized spacial score (nSPS) is 17.9. The Balaban J connectivity index is 1.39. The molecule has 1 saturated carbocycles. The van der Waals surface area contributed by atoms with E-state index < -0.39 is 17.0 Å². The first-order valence-electron chi connectivity index (χ1n) is 11.4. The van der Waals surface area contributed by atoms with Crippen molar-refractivity contribution in [2.75, 3.05) is 0 Å². The van der Waals surface area contributed by atoms with Crippen molar-refractivity contribution in [3.05, 3.63) is 76.6 Å². The van der Waals surface area contributed by atoms with Crippen LogP contribution in [0.15, 0.2) is 59.6 Å². The molecule has 3 aromatic rings. The Kier molecular flexibility index (Phi) is 6.24. The maximum atomic E-state index is 14.0. The van der Waals surface area contributed by atoms with E-state index in [1.807, 2.05) is 35.0 Å². The fourth-order valence-corrected chi connectivity index (χ4v) is 5.42. The van der Waals surface area contributed by atoms with Crippen LogP contribution in [0.4, 0.5) is 9.18 Å². The number of carbonyl (C=O) groups excluding carboxylic acids is 3. The zero-order chi connectivity index (χ0) is 23.7. The van der Waals surface area contributed by atoms with Crippen molar-refractivity contribution in [3.8, 4) is 0 Å². The molecule has 1 aromatic heterocycles. The van der Waals surface area contributed by atoms with Crippen molar-refractivity contribution in [2.45, 2.75) is 44.8 Å². The van der Waals surface area contributed by atoms with Crippen molar-refractivity contribution in [3.63, 3.8) is 0 Å². The third-order valence-electron chi connectivity index (χ3n) is 6.30. The lowest BCUT2D eigenvalue weighted by molar-refractivity contribution is -0.123. The fourth-order valence-electron chi connectivity index (χ4n) is 4.59. The molecule has 174 valence electrons. The summed E-state index contributed by atoms with van der Waals surface area (Å²) in [6.07, 6.45) is 7.85. The number of halogens is 1. The number of fused-ring (bicyclic) bond motifs is 1. The summed E-state index contributed by atoms with van der Waals surface area (Å²) in [5.74, 6) is -0.942. The summed E-state index contributed by atoms with van der Waals surface area (Å²) in [5, 5.41) is 3.56. The smallest absolute Gasteiger partial charge is 0.293 e. The van der Waals surface area contributed by atoms with Crippen molar-refractivity contribution < 1.29 is 18.8 Å². The van der Waals surface area contributed by atoms with Gasteiger partial charge in [-0.05, 0) is 42.8 Å². The van der Waals surface area contributed by atoms with Crippen LogP contribution in [0, 0.1) is 5.82 Å². The van der Waals surface area contributed by atoms with Gasteiger partial charge in [-0.15, -0.1) is 0 Å². The van der Waals surface area contributed by atoms with E-state index in [0.29, 0.717) is 0 Å². The molecular formula is C26H24FN3O3S. The molecule has 0 spiro atoms. The third-order valence-corrected chi connectivity index (χ3v) is 7.21. The van der Waals surface area contributed by atoms with Gasteiger partial charge >= 0.3 is 0 Å².